The van der Waals surface area contributed by atoms with Crippen molar-refractivity contribution in [3.05, 3.63) is 64.1 Å². The van der Waals surface area contributed by atoms with Crippen LogP contribution in [0.4, 0.5) is 0 Å². The summed E-state index contributed by atoms with van der Waals surface area (Å²) in [5.41, 5.74) is 0.794. The molecule has 2 aromatic rings. The Balaban J connectivity index is 1.75. The summed E-state index contributed by atoms with van der Waals surface area (Å²) >= 11 is 12.1. The van der Waals surface area contributed by atoms with E-state index in [0.29, 0.717) is 30.4 Å². The molecular formula is C17H16Cl2N2O2SSe. The van der Waals surface area contributed by atoms with E-state index in [4.69, 9.17) is 28.4 Å². The predicted octanol–water partition coefficient (Wildman–Crippen LogP) is 4.31. The van der Waals surface area contributed by atoms with Gasteiger partial charge in [0.25, 0.3) is 0 Å². The first-order valence-corrected chi connectivity index (χ1v) is 12.2. The van der Waals surface area contributed by atoms with Gasteiger partial charge in [0.15, 0.2) is 0 Å². The van der Waals surface area contributed by atoms with Crippen LogP contribution in [0.5, 0.6) is 0 Å². The van der Waals surface area contributed by atoms with E-state index in [-0.39, 0.29) is 18.0 Å². The number of halogens is 2. The second-order valence-corrected chi connectivity index (χ2v) is 10.0. The number of hydrogen-bond acceptors (Lipinski definition) is 4. The van der Waals surface area contributed by atoms with Gasteiger partial charge >= 0.3 is 167 Å². The van der Waals surface area contributed by atoms with Gasteiger partial charge in [0.1, 0.15) is 0 Å². The van der Waals surface area contributed by atoms with Crippen LogP contribution < -0.4 is 5.32 Å². The van der Waals surface area contributed by atoms with Crippen LogP contribution in [0.25, 0.3) is 0 Å². The minimum atomic E-state index is -0.380. The van der Waals surface area contributed by atoms with Gasteiger partial charge in [-0.05, 0) is 0 Å². The fourth-order valence-electron chi connectivity index (χ4n) is 1.90. The van der Waals surface area contributed by atoms with Crippen molar-refractivity contribution in [2.24, 2.45) is 5.16 Å². The first-order valence-electron chi connectivity index (χ1n) is 7.37. The van der Waals surface area contributed by atoms with E-state index in [2.05, 4.69) is 22.6 Å². The van der Waals surface area contributed by atoms with Crippen molar-refractivity contribution < 1.29 is 10.0 Å². The van der Waals surface area contributed by atoms with Gasteiger partial charge in [0.2, 0.25) is 0 Å². The molecule has 132 valence electrons. The van der Waals surface area contributed by atoms with Crippen molar-refractivity contribution in [3.8, 4) is 0 Å². The third-order valence-electron chi connectivity index (χ3n) is 3.11. The number of amides is 1. The zero-order valence-corrected chi connectivity index (χ0v) is 17.2. The Bertz CT molecular complexity index is 745. The van der Waals surface area contributed by atoms with Crippen LogP contribution in [0.2, 0.25) is 15.4 Å². The number of nitrogens with one attached hydrogen (secondary N) is 1. The molecule has 0 aliphatic heterocycles. The van der Waals surface area contributed by atoms with Crippen LogP contribution in [0.1, 0.15) is 5.56 Å². The molecule has 0 spiro atoms. The molecule has 2 aromatic carbocycles. The number of rotatable bonds is 8. The van der Waals surface area contributed by atoms with Gasteiger partial charge in [0, 0.05) is 0 Å². The van der Waals surface area contributed by atoms with E-state index >= 15 is 0 Å². The third kappa shape index (κ3) is 6.92. The number of nitrogens with zero attached hydrogens (tertiary/aromatic N) is 1. The van der Waals surface area contributed by atoms with Gasteiger partial charge in [-0.15, -0.1) is 0 Å². The van der Waals surface area contributed by atoms with Crippen LogP contribution in [0.3, 0.4) is 0 Å². The first-order chi connectivity index (χ1) is 12.1. The van der Waals surface area contributed by atoms with E-state index in [1.54, 1.807) is 28.4 Å². The molecular weight excluding hydrogens is 446 g/mol. The molecule has 25 heavy (non-hydrogen) atoms. The van der Waals surface area contributed by atoms with E-state index in [0.717, 1.165) is 10.9 Å². The summed E-state index contributed by atoms with van der Waals surface area (Å²) in [4.78, 5) is 13.3. The maximum atomic E-state index is 12.1. The Morgan fingerprint density at radius 2 is 1.92 bits per heavy atom. The topological polar surface area (TPSA) is 61.7 Å². The Labute approximate surface area is 166 Å². The Morgan fingerprint density at radius 3 is 2.60 bits per heavy atom. The molecule has 0 heterocycles. The molecule has 0 saturated heterocycles. The second kappa shape index (κ2) is 10.7. The maximum absolute atomic E-state index is 12.1. The van der Waals surface area contributed by atoms with Crippen molar-refractivity contribution in [2.75, 3.05) is 6.54 Å². The summed E-state index contributed by atoms with van der Waals surface area (Å²) in [6.07, 6.45) is 0.184. The quantitative estimate of drug-likeness (QED) is 0.202. The van der Waals surface area contributed by atoms with Crippen molar-refractivity contribution in [1.29, 1.82) is 0 Å². The molecule has 0 unspecified atom stereocenters. The Hall–Kier alpha value is -1.17. The number of carbonyl (C=O) groups is 1. The monoisotopic (exact) mass is 462 g/mol. The van der Waals surface area contributed by atoms with Gasteiger partial charge in [-0.1, -0.05) is 0 Å². The molecule has 0 aromatic heterocycles. The molecule has 0 saturated carbocycles. The Kier molecular flexibility index (Phi) is 8.65. The molecule has 2 rings (SSSR count). The van der Waals surface area contributed by atoms with E-state index in [1.165, 1.54) is 4.90 Å². The van der Waals surface area contributed by atoms with Crippen molar-refractivity contribution in [3.63, 3.8) is 0 Å². The molecule has 2 N–H and O–H groups in total. The van der Waals surface area contributed by atoms with Crippen LogP contribution >= 0.6 is 33.4 Å². The van der Waals surface area contributed by atoms with Gasteiger partial charge in [-0.2, -0.15) is 0 Å². The molecule has 0 radical (unpaired) electrons. The number of carbonyl (C=O) groups excluding carboxylic acids is 1. The van der Waals surface area contributed by atoms with Gasteiger partial charge in [0.05, 0.1) is 0 Å². The zero-order valence-electron chi connectivity index (χ0n) is 13.1. The first kappa shape index (κ1) is 20.1. The summed E-state index contributed by atoms with van der Waals surface area (Å²) in [7, 11) is 1.80. The SMILES string of the molecule is O=C(NCC[Se]Sc1ccccc1)/C(Cc1ccc(Cl)c(Cl)c1)=N/O. The zero-order chi connectivity index (χ0) is 18.1. The molecule has 0 aliphatic rings. The number of benzene rings is 2. The summed E-state index contributed by atoms with van der Waals surface area (Å²) in [5, 5.41) is 16.7. The standard InChI is InChI=1S/C17H16Cl2N2O2SSe/c18-14-7-6-12(10-15(14)19)11-16(21-23)17(22)20-8-9-25-24-13-4-2-1-3-5-13/h1-7,10,23H,8-9,11H2,(H,20,22)/b21-16+. The van der Waals surface area contributed by atoms with Crippen molar-refractivity contribution in [2.45, 2.75) is 16.6 Å². The molecule has 8 heteroatoms. The van der Waals surface area contributed by atoms with Gasteiger partial charge in [-0.25, -0.2) is 0 Å². The number of oxime groups is 1. The van der Waals surface area contributed by atoms with Crippen LogP contribution in [-0.2, 0) is 11.2 Å². The number of hydrogen-bond donors (Lipinski definition) is 2. The minimum absolute atomic E-state index is 0.0431. The third-order valence-corrected chi connectivity index (χ3v) is 8.03. The average Bonchev–Trinajstić information content (AvgIpc) is 2.63. The second-order valence-electron chi connectivity index (χ2n) is 4.95. The fraction of sp³-hybridized carbons (Fsp3) is 0.176. The van der Waals surface area contributed by atoms with Crippen LogP contribution in [-0.4, -0.2) is 37.2 Å². The van der Waals surface area contributed by atoms with Gasteiger partial charge < -0.3 is 0 Å². The molecule has 0 aliphatic carbocycles. The van der Waals surface area contributed by atoms with Crippen molar-refractivity contribution >= 4 is 58.8 Å². The summed E-state index contributed by atoms with van der Waals surface area (Å²) < 4.78 is 0. The molecule has 0 bridgehead atoms. The normalized spacial score (nSPS) is 11.4. The van der Waals surface area contributed by atoms with Gasteiger partial charge in [-0.3, -0.25) is 0 Å². The van der Waals surface area contributed by atoms with E-state index in [1.807, 2.05) is 18.2 Å². The summed E-state index contributed by atoms with van der Waals surface area (Å²) in [5.74, 6) is -0.380. The molecule has 4 nitrogen and oxygen atoms in total. The summed E-state index contributed by atoms with van der Waals surface area (Å²) in [6, 6.07) is 15.2. The molecule has 1 amide bonds. The van der Waals surface area contributed by atoms with E-state index in [9.17, 15) is 4.79 Å². The fourth-order valence-corrected chi connectivity index (χ4v) is 5.61. The molecule has 0 atom stereocenters. The predicted molar refractivity (Wildman–Crippen MR) is 105 cm³/mol. The summed E-state index contributed by atoms with van der Waals surface area (Å²) in [6.45, 7) is 0.541. The van der Waals surface area contributed by atoms with E-state index < -0.39 is 0 Å². The van der Waals surface area contributed by atoms with Crippen molar-refractivity contribution in [1.82, 2.24) is 5.32 Å². The van der Waals surface area contributed by atoms with Crippen LogP contribution in [0.15, 0.2) is 58.6 Å². The average molecular weight is 462 g/mol. The molecule has 0 fully saturated rings. The van der Waals surface area contributed by atoms with Crippen LogP contribution in [0, 0.1) is 0 Å². The Morgan fingerprint density at radius 1 is 1.16 bits per heavy atom.